The Balaban J connectivity index is 2.27. The number of hydrogen-bond acceptors (Lipinski definition) is 6. The highest BCUT2D eigenvalue weighted by Gasteiger charge is 2.23. The molecule has 0 aliphatic carbocycles. The molecule has 0 spiro atoms. The van der Waals surface area contributed by atoms with E-state index in [1.54, 1.807) is 13.8 Å². The topological polar surface area (TPSA) is 115 Å². The minimum atomic E-state index is -3.82. The van der Waals surface area contributed by atoms with E-state index in [2.05, 4.69) is 10.1 Å². The first kappa shape index (κ1) is 25.2. The molecule has 0 bridgehead atoms. The summed E-state index contributed by atoms with van der Waals surface area (Å²) in [5.74, 6) is -1.71. The van der Waals surface area contributed by atoms with E-state index in [0.717, 1.165) is 16.8 Å². The van der Waals surface area contributed by atoms with Crippen molar-refractivity contribution in [2.24, 2.45) is 0 Å². The summed E-state index contributed by atoms with van der Waals surface area (Å²) < 4.78 is 45.5. The Bertz CT molecular complexity index is 1110. The fraction of sp³-hybridized carbons (Fsp3) is 0.381. The third-order valence-electron chi connectivity index (χ3n) is 4.82. The molecule has 0 saturated heterocycles. The van der Waals surface area contributed by atoms with Gasteiger partial charge >= 0.3 is 5.97 Å². The van der Waals surface area contributed by atoms with Gasteiger partial charge in [-0.15, -0.1) is 0 Å². The van der Waals surface area contributed by atoms with Crippen molar-refractivity contribution in [3.8, 4) is 0 Å². The summed E-state index contributed by atoms with van der Waals surface area (Å²) in [5, 5.41) is 2.62. The molecule has 0 aliphatic heterocycles. The van der Waals surface area contributed by atoms with Crippen molar-refractivity contribution in [1.29, 1.82) is 0 Å². The van der Waals surface area contributed by atoms with Gasteiger partial charge in [-0.05, 0) is 23.8 Å². The molecule has 1 heterocycles. The van der Waals surface area contributed by atoms with Gasteiger partial charge in [0.1, 0.15) is 12.4 Å². The molecular weight excluding hydrogens is 441 g/mol. The lowest BCUT2D eigenvalue weighted by Crippen LogP contribution is -2.36. The number of pyridine rings is 1. The highest BCUT2D eigenvalue weighted by molar-refractivity contribution is 7.89. The Morgan fingerprint density at radius 1 is 1.12 bits per heavy atom. The predicted octanol–water partition coefficient (Wildman–Crippen LogP) is 1.44. The van der Waals surface area contributed by atoms with E-state index < -0.39 is 45.9 Å². The lowest BCUT2D eigenvalue weighted by molar-refractivity contribution is -0.141. The van der Waals surface area contributed by atoms with E-state index in [1.165, 1.54) is 41.7 Å². The minimum Gasteiger partial charge on any atom is -0.469 e. The summed E-state index contributed by atoms with van der Waals surface area (Å²) in [6.45, 7) is 3.43. The molecule has 1 aromatic carbocycles. The van der Waals surface area contributed by atoms with Gasteiger partial charge in [0.25, 0.3) is 5.56 Å². The molecule has 1 amide bonds. The van der Waals surface area contributed by atoms with Crippen molar-refractivity contribution in [1.82, 2.24) is 14.2 Å². The monoisotopic (exact) mass is 467 g/mol. The number of hydrogen-bond donors (Lipinski definition) is 1. The van der Waals surface area contributed by atoms with Crippen molar-refractivity contribution < 1.29 is 27.1 Å². The number of nitrogens with one attached hydrogen (secondary N) is 1. The predicted molar refractivity (Wildman–Crippen MR) is 115 cm³/mol. The number of carbonyl (C=O) groups is 2. The van der Waals surface area contributed by atoms with E-state index >= 15 is 0 Å². The molecule has 1 aromatic heterocycles. The van der Waals surface area contributed by atoms with E-state index in [1.807, 2.05) is 0 Å². The van der Waals surface area contributed by atoms with Crippen LogP contribution in [0.2, 0.25) is 0 Å². The first-order valence-electron chi connectivity index (χ1n) is 9.94. The molecule has 9 nitrogen and oxygen atoms in total. The van der Waals surface area contributed by atoms with Crippen LogP contribution in [0.5, 0.6) is 0 Å². The van der Waals surface area contributed by atoms with Crippen LogP contribution in [0.3, 0.4) is 0 Å². The van der Waals surface area contributed by atoms with Crippen molar-refractivity contribution in [3.05, 3.63) is 64.3 Å². The molecule has 0 radical (unpaired) electrons. The van der Waals surface area contributed by atoms with Crippen LogP contribution >= 0.6 is 0 Å². The lowest BCUT2D eigenvalue weighted by Gasteiger charge is -2.20. The number of ether oxygens (including phenoxy) is 1. The first-order chi connectivity index (χ1) is 15.1. The second-order valence-electron chi connectivity index (χ2n) is 6.87. The van der Waals surface area contributed by atoms with Crippen molar-refractivity contribution >= 4 is 21.9 Å². The highest BCUT2D eigenvalue weighted by Crippen LogP contribution is 2.18. The number of rotatable bonds is 10. The molecule has 0 fully saturated rings. The van der Waals surface area contributed by atoms with Gasteiger partial charge in [0.2, 0.25) is 15.9 Å². The Morgan fingerprint density at radius 3 is 2.31 bits per heavy atom. The van der Waals surface area contributed by atoms with Gasteiger partial charge in [-0.2, -0.15) is 4.31 Å². The standard InChI is InChI=1S/C21H26FN3O6S/c1-4-25(5-2)32(29,30)17-10-11-20(27)24(13-17)14-19(26)23-18(12-21(28)31-3)15-6-8-16(22)9-7-15/h6-11,13,18H,4-5,12,14H2,1-3H3,(H,23,26). The van der Waals surface area contributed by atoms with Crippen LogP contribution in [0.25, 0.3) is 0 Å². The van der Waals surface area contributed by atoms with Crippen LogP contribution in [-0.4, -0.2) is 49.4 Å². The van der Waals surface area contributed by atoms with Crippen LogP contribution in [0.1, 0.15) is 31.9 Å². The number of halogens is 1. The van der Waals surface area contributed by atoms with Crippen LogP contribution in [-0.2, 0) is 30.9 Å². The lowest BCUT2D eigenvalue weighted by atomic mass is 10.0. The van der Waals surface area contributed by atoms with Gasteiger partial charge in [-0.3, -0.25) is 14.4 Å². The summed E-state index contributed by atoms with van der Waals surface area (Å²) in [7, 11) is -2.62. The number of benzene rings is 1. The summed E-state index contributed by atoms with van der Waals surface area (Å²) in [6, 6.07) is 6.68. The Morgan fingerprint density at radius 2 is 1.75 bits per heavy atom. The first-order valence-corrected chi connectivity index (χ1v) is 11.4. The summed E-state index contributed by atoms with van der Waals surface area (Å²) in [5.41, 5.74) is -0.0969. The molecule has 32 heavy (non-hydrogen) atoms. The number of nitrogens with zero attached hydrogens (tertiary/aromatic N) is 2. The molecule has 1 atom stereocenters. The van der Waals surface area contributed by atoms with Crippen LogP contribution in [0, 0.1) is 5.82 Å². The maximum atomic E-state index is 13.2. The van der Waals surface area contributed by atoms with E-state index in [9.17, 15) is 27.2 Å². The molecule has 0 aliphatic rings. The van der Waals surface area contributed by atoms with Crippen LogP contribution in [0.4, 0.5) is 4.39 Å². The fourth-order valence-electron chi connectivity index (χ4n) is 3.09. The zero-order chi connectivity index (χ0) is 23.9. The summed E-state index contributed by atoms with van der Waals surface area (Å²) in [4.78, 5) is 36.5. The Kier molecular flexibility index (Phi) is 8.67. The number of carbonyl (C=O) groups excluding carboxylic acids is 2. The average molecular weight is 468 g/mol. The van der Waals surface area contributed by atoms with E-state index in [4.69, 9.17) is 0 Å². The van der Waals surface area contributed by atoms with Crippen LogP contribution in [0.15, 0.2) is 52.3 Å². The third kappa shape index (κ3) is 6.24. The average Bonchev–Trinajstić information content (AvgIpc) is 2.75. The quantitative estimate of drug-likeness (QED) is 0.529. The molecule has 2 aromatic rings. The molecule has 0 saturated carbocycles. The van der Waals surface area contributed by atoms with Gasteiger partial charge < -0.3 is 14.6 Å². The second-order valence-corrected chi connectivity index (χ2v) is 8.81. The van der Waals surface area contributed by atoms with Crippen molar-refractivity contribution in [2.45, 2.75) is 37.8 Å². The summed E-state index contributed by atoms with van der Waals surface area (Å²) >= 11 is 0. The molecule has 2 rings (SSSR count). The summed E-state index contributed by atoms with van der Waals surface area (Å²) in [6.07, 6.45) is 0.905. The molecule has 1 unspecified atom stereocenters. The third-order valence-corrected chi connectivity index (χ3v) is 6.85. The maximum Gasteiger partial charge on any atom is 0.307 e. The molecule has 1 N–H and O–H groups in total. The Labute approximate surface area is 185 Å². The zero-order valence-corrected chi connectivity index (χ0v) is 18.9. The van der Waals surface area contributed by atoms with Gasteiger partial charge in [-0.25, -0.2) is 12.8 Å². The maximum absolute atomic E-state index is 13.2. The molecular formula is C21H26FN3O6S. The SMILES string of the molecule is CCN(CC)S(=O)(=O)c1ccc(=O)n(CC(=O)NC(CC(=O)OC)c2ccc(F)cc2)c1. The van der Waals surface area contributed by atoms with Crippen LogP contribution < -0.4 is 10.9 Å². The van der Waals surface area contributed by atoms with Crippen molar-refractivity contribution in [3.63, 3.8) is 0 Å². The van der Waals surface area contributed by atoms with Gasteiger partial charge in [0.15, 0.2) is 0 Å². The van der Waals surface area contributed by atoms with E-state index in [0.29, 0.717) is 5.56 Å². The number of aromatic nitrogens is 1. The number of methoxy groups -OCH3 is 1. The minimum absolute atomic E-state index is 0.113. The van der Waals surface area contributed by atoms with Gasteiger partial charge in [-0.1, -0.05) is 26.0 Å². The molecule has 174 valence electrons. The fourth-order valence-corrected chi connectivity index (χ4v) is 4.57. The second kappa shape index (κ2) is 11.0. The number of sulfonamides is 1. The van der Waals surface area contributed by atoms with Gasteiger partial charge in [0, 0.05) is 25.4 Å². The normalized spacial score (nSPS) is 12.4. The number of esters is 1. The smallest absolute Gasteiger partial charge is 0.307 e. The van der Waals surface area contributed by atoms with Gasteiger partial charge in [0.05, 0.1) is 24.5 Å². The number of amides is 1. The largest absolute Gasteiger partial charge is 0.469 e. The van der Waals surface area contributed by atoms with E-state index in [-0.39, 0.29) is 24.4 Å². The molecule has 11 heteroatoms. The van der Waals surface area contributed by atoms with Crippen molar-refractivity contribution in [2.75, 3.05) is 20.2 Å². The zero-order valence-electron chi connectivity index (χ0n) is 18.1. The Hall–Kier alpha value is -3.05. The highest BCUT2D eigenvalue weighted by atomic mass is 32.2.